The number of hydrogen-bond acceptors (Lipinski definition) is 3. The molecule has 2 N–H and O–H groups in total. The second-order valence-electron chi connectivity index (χ2n) is 5.64. The highest BCUT2D eigenvalue weighted by atomic mass is 32.2. The Labute approximate surface area is 125 Å². The van der Waals surface area contributed by atoms with Crippen molar-refractivity contribution in [2.75, 3.05) is 0 Å². The summed E-state index contributed by atoms with van der Waals surface area (Å²) in [6, 6.07) is 5.30. The number of rotatable bonds is 5. The van der Waals surface area contributed by atoms with Crippen molar-refractivity contribution in [1.82, 2.24) is 4.72 Å². The summed E-state index contributed by atoms with van der Waals surface area (Å²) < 4.78 is 27.4. The van der Waals surface area contributed by atoms with E-state index in [1.54, 1.807) is 0 Å². The molecule has 0 amide bonds. The van der Waals surface area contributed by atoms with Gasteiger partial charge in [-0.05, 0) is 43.9 Å². The standard InChI is InChI=1S/C15H21NO4S/c1-11(12-6-3-2-4-7-12)16-21(19,20)14-9-5-8-13(10-14)15(17)18/h5,8-12,16H,2-4,6-7H2,1H3,(H,17,18). The van der Waals surface area contributed by atoms with Crippen molar-refractivity contribution >= 4 is 16.0 Å². The van der Waals surface area contributed by atoms with Crippen LogP contribution in [0.2, 0.25) is 0 Å². The molecule has 1 atom stereocenters. The fraction of sp³-hybridized carbons (Fsp3) is 0.533. The molecule has 5 nitrogen and oxygen atoms in total. The predicted octanol–water partition coefficient (Wildman–Crippen LogP) is 2.63. The number of carboxylic acid groups (broad SMARTS) is 1. The van der Waals surface area contributed by atoms with Crippen LogP contribution < -0.4 is 4.72 Å². The van der Waals surface area contributed by atoms with E-state index in [1.807, 2.05) is 6.92 Å². The summed E-state index contributed by atoms with van der Waals surface area (Å²) in [6.45, 7) is 1.88. The minimum atomic E-state index is -3.68. The average Bonchev–Trinajstić information content (AvgIpc) is 2.48. The molecule has 1 aliphatic carbocycles. The number of nitrogens with one attached hydrogen (secondary N) is 1. The molecule has 1 saturated carbocycles. The van der Waals surface area contributed by atoms with Gasteiger partial charge in [-0.2, -0.15) is 0 Å². The molecule has 21 heavy (non-hydrogen) atoms. The summed E-state index contributed by atoms with van der Waals surface area (Å²) in [5, 5.41) is 8.95. The van der Waals surface area contributed by atoms with Crippen LogP contribution in [-0.2, 0) is 10.0 Å². The fourth-order valence-electron chi connectivity index (χ4n) is 2.84. The first-order valence-electron chi connectivity index (χ1n) is 7.26. The zero-order chi connectivity index (χ0) is 15.5. The zero-order valence-electron chi connectivity index (χ0n) is 12.1. The molecule has 0 radical (unpaired) electrons. The number of benzene rings is 1. The lowest BCUT2D eigenvalue weighted by atomic mass is 9.85. The molecule has 0 heterocycles. The highest BCUT2D eigenvalue weighted by Crippen LogP contribution is 2.27. The normalized spacial score (nSPS) is 18.3. The van der Waals surface area contributed by atoms with Crippen molar-refractivity contribution in [3.05, 3.63) is 29.8 Å². The van der Waals surface area contributed by atoms with Crippen LogP contribution in [0, 0.1) is 5.92 Å². The van der Waals surface area contributed by atoms with Crippen molar-refractivity contribution in [2.45, 2.75) is 50.0 Å². The van der Waals surface area contributed by atoms with Gasteiger partial charge in [-0.1, -0.05) is 25.3 Å². The Bertz CT molecular complexity index is 606. The molecule has 116 valence electrons. The summed E-state index contributed by atoms with van der Waals surface area (Å²) in [6.07, 6.45) is 5.59. The third-order valence-corrected chi connectivity index (χ3v) is 5.65. The lowest BCUT2D eigenvalue weighted by Crippen LogP contribution is -2.38. The van der Waals surface area contributed by atoms with Crippen molar-refractivity contribution < 1.29 is 18.3 Å². The Morgan fingerprint density at radius 1 is 1.29 bits per heavy atom. The van der Waals surface area contributed by atoms with E-state index in [-0.39, 0.29) is 16.5 Å². The third kappa shape index (κ3) is 4.04. The van der Waals surface area contributed by atoms with Gasteiger partial charge in [0, 0.05) is 6.04 Å². The average molecular weight is 311 g/mol. The van der Waals surface area contributed by atoms with E-state index >= 15 is 0 Å². The van der Waals surface area contributed by atoms with Gasteiger partial charge >= 0.3 is 5.97 Å². The van der Waals surface area contributed by atoms with Gasteiger partial charge in [0.25, 0.3) is 0 Å². The molecular weight excluding hydrogens is 290 g/mol. The molecule has 0 aliphatic heterocycles. The Hall–Kier alpha value is -1.40. The van der Waals surface area contributed by atoms with E-state index in [4.69, 9.17) is 5.11 Å². The largest absolute Gasteiger partial charge is 0.478 e. The first-order valence-corrected chi connectivity index (χ1v) is 8.74. The van der Waals surface area contributed by atoms with Crippen LogP contribution in [-0.4, -0.2) is 25.5 Å². The molecule has 1 aromatic carbocycles. The van der Waals surface area contributed by atoms with Crippen LogP contribution in [0.4, 0.5) is 0 Å². The maximum atomic E-state index is 12.4. The van der Waals surface area contributed by atoms with Gasteiger partial charge in [-0.15, -0.1) is 0 Å². The van der Waals surface area contributed by atoms with Gasteiger partial charge in [-0.25, -0.2) is 17.9 Å². The summed E-state index contributed by atoms with van der Waals surface area (Å²) in [4.78, 5) is 10.9. The minimum Gasteiger partial charge on any atom is -0.478 e. The molecule has 1 aromatic rings. The van der Waals surface area contributed by atoms with Crippen molar-refractivity contribution in [2.24, 2.45) is 5.92 Å². The molecule has 0 spiro atoms. The van der Waals surface area contributed by atoms with Gasteiger partial charge in [0.05, 0.1) is 10.5 Å². The van der Waals surface area contributed by atoms with E-state index in [9.17, 15) is 13.2 Å². The molecule has 0 bridgehead atoms. The number of carboxylic acids is 1. The van der Waals surface area contributed by atoms with Crippen LogP contribution in [0.3, 0.4) is 0 Å². The first kappa shape index (κ1) is 16.0. The Kier molecular flexibility index (Phi) is 5.00. The predicted molar refractivity (Wildman–Crippen MR) is 79.8 cm³/mol. The lowest BCUT2D eigenvalue weighted by Gasteiger charge is -2.28. The maximum absolute atomic E-state index is 12.4. The van der Waals surface area contributed by atoms with Crippen molar-refractivity contribution in [1.29, 1.82) is 0 Å². The Balaban J connectivity index is 2.14. The van der Waals surface area contributed by atoms with Crippen LogP contribution in [0.5, 0.6) is 0 Å². The summed E-state index contributed by atoms with van der Waals surface area (Å²) in [7, 11) is -3.68. The molecular formula is C15H21NO4S. The molecule has 1 fully saturated rings. The summed E-state index contributed by atoms with van der Waals surface area (Å²) in [5.74, 6) is -0.774. The zero-order valence-corrected chi connectivity index (χ0v) is 12.9. The lowest BCUT2D eigenvalue weighted by molar-refractivity contribution is 0.0696. The van der Waals surface area contributed by atoms with Gasteiger partial charge in [0.15, 0.2) is 0 Å². The molecule has 0 aromatic heterocycles. The molecule has 2 rings (SSSR count). The van der Waals surface area contributed by atoms with E-state index in [2.05, 4.69) is 4.72 Å². The number of hydrogen-bond donors (Lipinski definition) is 2. The molecule has 6 heteroatoms. The summed E-state index contributed by atoms with van der Waals surface area (Å²) >= 11 is 0. The van der Waals surface area contributed by atoms with E-state index in [0.717, 1.165) is 25.7 Å². The van der Waals surface area contributed by atoms with E-state index in [1.165, 1.54) is 30.7 Å². The Morgan fingerprint density at radius 2 is 1.95 bits per heavy atom. The van der Waals surface area contributed by atoms with Crippen LogP contribution in [0.25, 0.3) is 0 Å². The minimum absolute atomic E-state index is 0.00468. The number of sulfonamides is 1. The van der Waals surface area contributed by atoms with E-state index < -0.39 is 16.0 Å². The fourth-order valence-corrected chi connectivity index (χ4v) is 4.20. The Morgan fingerprint density at radius 3 is 2.57 bits per heavy atom. The number of aromatic carboxylic acids is 1. The summed E-state index contributed by atoms with van der Waals surface area (Å²) in [5.41, 5.74) is -0.0248. The maximum Gasteiger partial charge on any atom is 0.335 e. The molecule has 0 saturated heterocycles. The SMILES string of the molecule is CC(NS(=O)(=O)c1cccc(C(=O)O)c1)C1CCCCC1. The third-order valence-electron chi connectivity index (χ3n) is 4.09. The van der Waals surface area contributed by atoms with Crippen LogP contribution >= 0.6 is 0 Å². The van der Waals surface area contributed by atoms with Crippen molar-refractivity contribution in [3.63, 3.8) is 0 Å². The number of carbonyl (C=O) groups is 1. The van der Waals surface area contributed by atoms with Gasteiger partial charge in [-0.3, -0.25) is 0 Å². The van der Waals surface area contributed by atoms with Gasteiger partial charge in [0.2, 0.25) is 10.0 Å². The second kappa shape index (κ2) is 6.58. The smallest absolute Gasteiger partial charge is 0.335 e. The topological polar surface area (TPSA) is 83.5 Å². The van der Waals surface area contributed by atoms with Crippen LogP contribution in [0.1, 0.15) is 49.4 Å². The van der Waals surface area contributed by atoms with Gasteiger partial charge < -0.3 is 5.11 Å². The first-order chi connectivity index (χ1) is 9.90. The monoisotopic (exact) mass is 311 g/mol. The highest BCUT2D eigenvalue weighted by molar-refractivity contribution is 7.89. The highest BCUT2D eigenvalue weighted by Gasteiger charge is 2.25. The van der Waals surface area contributed by atoms with Crippen LogP contribution in [0.15, 0.2) is 29.2 Å². The molecule has 1 aliphatic rings. The van der Waals surface area contributed by atoms with E-state index in [0.29, 0.717) is 5.92 Å². The van der Waals surface area contributed by atoms with Crippen molar-refractivity contribution in [3.8, 4) is 0 Å². The second-order valence-corrected chi connectivity index (χ2v) is 7.36. The molecule has 1 unspecified atom stereocenters. The van der Waals surface area contributed by atoms with Gasteiger partial charge in [0.1, 0.15) is 0 Å². The quantitative estimate of drug-likeness (QED) is 0.875.